The molecule has 1 saturated heterocycles. The average molecular weight is 453 g/mol. The van der Waals surface area contributed by atoms with E-state index in [-0.39, 0.29) is 11.8 Å². The molecular weight excluding hydrogens is 427 g/mol. The van der Waals surface area contributed by atoms with Crippen LogP contribution in [0.1, 0.15) is 24.0 Å². The minimum Gasteiger partial charge on any atom is -0.352 e. The van der Waals surface area contributed by atoms with E-state index in [0.717, 1.165) is 43.6 Å². The number of piperidine rings is 1. The van der Waals surface area contributed by atoms with E-state index in [1.165, 1.54) is 11.1 Å². The minimum absolute atomic E-state index is 0.0775. The second-order valence-corrected chi connectivity index (χ2v) is 8.89. The molecule has 0 atom stereocenters. The molecule has 0 radical (unpaired) electrons. The summed E-state index contributed by atoms with van der Waals surface area (Å²) < 4.78 is 0. The van der Waals surface area contributed by atoms with Crippen molar-refractivity contribution in [3.05, 3.63) is 94.0 Å². The van der Waals surface area contributed by atoms with Gasteiger partial charge in [0.15, 0.2) is 0 Å². The normalized spacial score (nSPS) is 15.0. The van der Waals surface area contributed by atoms with Gasteiger partial charge in [-0.2, -0.15) is 0 Å². The number of rotatable bonds is 6. The third kappa shape index (κ3) is 5.88. The number of amides is 1. The molecule has 1 aliphatic heterocycles. The lowest BCUT2D eigenvalue weighted by Gasteiger charge is -2.31. The minimum atomic E-state index is 0.0775. The van der Waals surface area contributed by atoms with Gasteiger partial charge in [-0.15, -0.1) is 0 Å². The third-order valence-electron chi connectivity index (χ3n) is 5.88. The highest BCUT2D eigenvalue weighted by atomic mass is 35.5. The molecule has 3 nitrogen and oxygen atoms in total. The number of nitrogens with one attached hydrogen (secondary N) is 1. The lowest BCUT2D eigenvalue weighted by Crippen LogP contribution is -2.40. The first-order valence-corrected chi connectivity index (χ1v) is 11.4. The quantitative estimate of drug-likeness (QED) is 0.483. The molecule has 0 spiro atoms. The molecular formula is C26H26Cl2N2O. The molecule has 3 aromatic carbocycles. The Morgan fingerprint density at radius 2 is 1.48 bits per heavy atom. The molecule has 0 unspecified atom stereocenters. The zero-order chi connectivity index (χ0) is 21.6. The summed E-state index contributed by atoms with van der Waals surface area (Å²) in [6, 6.07) is 24.5. The van der Waals surface area contributed by atoms with Crippen LogP contribution in [0.5, 0.6) is 0 Å². The smallest absolute Gasteiger partial charge is 0.223 e. The van der Waals surface area contributed by atoms with Crippen LogP contribution in [-0.4, -0.2) is 23.9 Å². The Morgan fingerprint density at radius 3 is 2.16 bits per heavy atom. The van der Waals surface area contributed by atoms with Crippen molar-refractivity contribution in [1.29, 1.82) is 0 Å². The third-order valence-corrected chi connectivity index (χ3v) is 6.62. The molecule has 0 aliphatic carbocycles. The standard InChI is InChI=1S/C26H26Cl2N2O/c27-24-11-8-20(16-25(24)28)18-30-14-12-23(13-15-30)26(31)29-17-19-6-9-22(10-7-19)21-4-2-1-3-5-21/h1-11,16,23H,12-15,17-18H2,(H,29,31). The van der Waals surface area contributed by atoms with Gasteiger partial charge in [-0.25, -0.2) is 0 Å². The Balaban J connectivity index is 1.23. The summed E-state index contributed by atoms with van der Waals surface area (Å²) in [5.74, 6) is 0.231. The maximum absolute atomic E-state index is 12.6. The molecule has 0 aromatic heterocycles. The summed E-state index contributed by atoms with van der Waals surface area (Å²) in [5, 5.41) is 4.28. The number of carbonyl (C=O) groups excluding carboxylic acids is 1. The summed E-state index contributed by atoms with van der Waals surface area (Å²) in [4.78, 5) is 15.0. The highest BCUT2D eigenvalue weighted by Crippen LogP contribution is 2.25. The van der Waals surface area contributed by atoms with Crippen molar-refractivity contribution in [3.63, 3.8) is 0 Å². The SMILES string of the molecule is O=C(NCc1ccc(-c2ccccc2)cc1)C1CCN(Cc2ccc(Cl)c(Cl)c2)CC1. The lowest BCUT2D eigenvalue weighted by molar-refractivity contribution is -0.126. The zero-order valence-corrected chi connectivity index (χ0v) is 18.9. The number of hydrogen-bond donors (Lipinski definition) is 1. The summed E-state index contributed by atoms with van der Waals surface area (Å²) in [7, 11) is 0. The highest BCUT2D eigenvalue weighted by Gasteiger charge is 2.24. The highest BCUT2D eigenvalue weighted by molar-refractivity contribution is 6.42. The molecule has 160 valence electrons. The predicted octanol–water partition coefficient (Wildman–Crippen LogP) is 6.19. The van der Waals surface area contributed by atoms with E-state index in [2.05, 4.69) is 46.6 Å². The van der Waals surface area contributed by atoms with Crippen molar-refractivity contribution < 1.29 is 4.79 Å². The summed E-state index contributed by atoms with van der Waals surface area (Å²) in [6.45, 7) is 3.21. The number of hydrogen-bond acceptors (Lipinski definition) is 2. The van der Waals surface area contributed by atoms with E-state index in [9.17, 15) is 4.79 Å². The Morgan fingerprint density at radius 1 is 0.839 bits per heavy atom. The second-order valence-electron chi connectivity index (χ2n) is 8.08. The topological polar surface area (TPSA) is 32.3 Å². The fourth-order valence-corrected chi connectivity index (χ4v) is 4.35. The predicted molar refractivity (Wildman–Crippen MR) is 128 cm³/mol. The second kappa shape index (κ2) is 10.3. The Bertz CT molecular complexity index is 1010. The first-order valence-electron chi connectivity index (χ1n) is 10.7. The van der Waals surface area contributed by atoms with Gasteiger partial charge in [0.2, 0.25) is 5.91 Å². The Labute approximate surface area is 194 Å². The molecule has 1 aliphatic rings. The molecule has 0 bridgehead atoms. The van der Waals surface area contributed by atoms with E-state index in [0.29, 0.717) is 16.6 Å². The number of halogens is 2. The number of benzene rings is 3. The van der Waals surface area contributed by atoms with Crippen molar-refractivity contribution in [3.8, 4) is 11.1 Å². The first-order chi connectivity index (χ1) is 15.1. The molecule has 1 fully saturated rings. The molecule has 3 aromatic rings. The fourth-order valence-electron chi connectivity index (χ4n) is 4.03. The van der Waals surface area contributed by atoms with Gasteiger partial charge in [0.25, 0.3) is 0 Å². The maximum Gasteiger partial charge on any atom is 0.223 e. The monoisotopic (exact) mass is 452 g/mol. The van der Waals surface area contributed by atoms with Crippen LogP contribution in [0.2, 0.25) is 10.0 Å². The van der Waals surface area contributed by atoms with Crippen molar-refractivity contribution in [2.45, 2.75) is 25.9 Å². The van der Waals surface area contributed by atoms with Gasteiger partial charge < -0.3 is 5.32 Å². The van der Waals surface area contributed by atoms with Crippen LogP contribution in [0.25, 0.3) is 11.1 Å². The van der Waals surface area contributed by atoms with Gasteiger partial charge in [0.05, 0.1) is 10.0 Å². The average Bonchev–Trinajstić information content (AvgIpc) is 2.81. The van der Waals surface area contributed by atoms with E-state index in [1.807, 2.05) is 36.4 Å². The van der Waals surface area contributed by atoms with E-state index >= 15 is 0 Å². The van der Waals surface area contributed by atoms with Gasteiger partial charge in [-0.1, -0.05) is 83.9 Å². The number of carbonyl (C=O) groups is 1. The van der Waals surface area contributed by atoms with E-state index < -0.39 is 0 Å². The summed E-state index contributed by atoms with van der Waals surface area (Å²) in [5.41, 5.74) is 4.65. The van der Waals surface area contributed by atoms with Crippen LogP contribution < -0.4 is 5.32 Å². The van der Waals surface area contributed by atoms with Crippen LogP contribution >= 0.6 is 23.2 Å². The van der Waals surface area contributed by atoms with Gasteiger partial charge >= 0.3 is 0 Å². The Kier molecular flexibility index (Phi) is 7.29. The Hall–Kier alpha value is -2.33. The zero-order valence-electron chi connectivity index (χ0n) is 17.4. The molecule has 1 N–H and O–H groups in total. The maximum atomic E-state index is 12.6. The van der Waals surface area contributed by atoms with Crippen molar-refractivity contribution in [2.75, 3.05) is 13.1 Å². The van der Waals surface area contributed by atoms with Crippen molar-refractivity contribution >= 4 is 29.1 Å². The first kappa shape index (κ1) is 21.9. The van der Waals surface area contributed by atoms with Crippen molar-refractivity contribution in [2.24, 2.45) is 5.92 Å². The van der Waals surface area contributed by atoms with Gasteiger partial charge in [-0.05, 0) is 60.3 Å². The molecule has 31 heavy (non-hydrogen) atoms. The lowest BCUT2D eigenvalue weighted by atomic mass is 9.95. The van der Waals surface area contributed by atoms with Crippen LogP contribution in [0.4, 0.5) is 0 Å². The summed E-state index contributed by atoms with van der Waals surface area (Å²) in [6.07, 6.45) is 1.75. The number of nitrogens with zero attached hydrogens (tertiary/aromatic N) is 1. The van der Waals surface area contributed by atoms with Crippen molar-refractivity contribution in [1.82, 2.24) is 10.2 Å². The van der Waals surface area contributed by atoms with Crippen LogP contribution in [0.15, 0.2) is 72.8 Å². The molecule has 4 rings (SSSR count). The molecule has 1 heterocycles. The molecule has 1 amide bonds. The van der Waals surface area contributed by atoms with E-state index in [4.69, 9.17) is 23.2 Å². The van der Waals surface area contributed by atoms with Gasteiger partial charge in [0.1, 0.15) is 0 Å². The van der Waals surface area contributed by atoms with Gasteiger partial charge in [-0.3, -0.25) is 9.69 Å². The fraction of sp³-hybridized carbons (Fsp3) is 0.269. The van der Waals surface area contributed by atoms with Crippen LogP contribution in [-0.2, 0) is 17.9 Å². The summed E-state index contributed by atoms with van der Waals surface area (Å²) >= 11 is 12.1. The largest absolute Gasteiger partial charge is 0.352 e. The number of likely N-dealkylation sites (tertiary alicyclic amines) is 1. The molecule has 5 heteroatoms. The van der Waals surface area contributed by atoms with E-state index in [1.54, 1.807) is 0 Å². The molecule has 0 saturated carbocycles. The van der Waals surface area contributed by atoms with Crippen LogP contribution in [0, 0.1) is 5.92 Å². The van der Waals surface area contributed by atoms with Crippen LogP contribution in [0.3, 0.4) is 0 Å². The van der Waals surface area contributed by atoms with Gasteiger partial charge in [0, 0.05) is 19.0 Å².